The van der Waals surface area contributed by atoms with Crippen molar-refractivity contribution in [1.29, 1.82) is 0 Å². The van der Waals surface area contributed by atoms with Crippen LogP contribution in [0.4, 0.5) is 0 Å². The predicted molar refractivity (Wildman–Crippen MR) is 71.8 cm³/mol. The predicted octanol–water partition coefficient (Wildman–Crippen LogP) is 1.50. The van der Waals surface area contributed by atoms with Crippen molar-refractivity contribution in [3.63, 3.8) is 0 Å². The second-order valence-electron chi connectivity index (χ2n) is 4.64. The maximum Gasteiger partial charge on any atom is 0.419 e. The first-order valence-corrected chi connectivity index (χ1v) is 5.95. The van der Waals surface area contributed by atoms with E-state index >= 15 is 0 Å². The van der Waals surface area contributed by atoms with E-state index < -0.39 is 5.76 Å². The van der Waals surface area contributed by atoms with Gasteiger partial charge in [0, 0.05) is 19.7 Å². The highest BCUT2D eigenvalue weighted by Crippen LogP contribution is 2.18. The minimum Gasteiger partial charge on any atom is -0.408 e. The van der Waals surface area contributed by atoms with Crippen molar-refractivity contribution >= 4 is 5.91 Å². The van der Waals surface area contributed by atoms with E-state index in [1.54, 1.807) is 20.3 Å². The molecule has 0 fully saturated rings. The van der Waals surface area contributed by atoms with Gasteiger partial charge < -0.3 is 9.32 Å². The molecule has 0 aliphatic carbocycles. The van der Waals surface area contributed by atoms with Gasteiger partial charge in [-0.2, -0.15) is 0 Å². The number of oxazole rings is 1. The zero-order chi connectivity index (χ0) is 14.0. The lowest BCUT2D eigenvalue weighted by molar-refractivity contribution is -0.129. The molecule has 5 heteroatoms. The number of nitrogens with zero attached hydrogens (tertiary/aromatic N) is 2. The molecule has 100 valence electrons. The SMILES string of the molecule is Cc1ccc(-c2cn(CC(=O)N(C)C)c(=O)o2)cc1. The van der Waals surface area contributed by atoms with E-state index in [-0.39, 0.29) is 12.5 Å². The summed E-state index contributed by atoms with van der Waals surface area (Å²) in [7, 11) is 3.29. The third-order valence-corrected chi connectivity index (χ3v) is 2.85. The Kier molecular flexibility index (Phi) is 3.55. The van der Waals surface area contributed by atoms with Crippen molar-refractivity contribution in [3.05, 3.63) is 46.6 Å². The summed E-state index contributed by atoms with van der Waals surface area (Å²) in [5.41, 5.74) is 1.95. The number of carbonyl (C=O) groups is 1. The molecule has 0 atom stereocenters. The highest BCUT2D eigenvalue weighted by Gasteiger charge is 2.12. The van der Waals surface area contributed by atoms with Gasteiger partial charge in [-0.15, -0.1) is 0 Å². The van der Waals surface area contributed by atoms with Crippen LogP contribution in [0.2, 0.25) is 0 Å². The summed E-state index contributed by atoms with van der Waals surface area (Å²) < 4.78 is 6.43. The fourth-order valence-corrected chi connectivity index (χ4v) is 1.62. The van der Waals surface area contributed by atoms with Crippen molar-refractivity contribution in [2.45, 2.75) is 13.5 Å². The molecule has 0 saturated heterocycles. The highest BCUT2D eigenvalue weighted by molar-refractivity contribution is 5.75. The molecule has 19 heavy (non-hydrogen) atoms. The minimum atomic E-state index is -0.522. The highest BCUT2D eigenvalue weighted by atomic mass is 16.4. The first-order chi connectivity index (χ1) is 8.97. The summed E-state index contributed by atoms with van der Waals surface area (Å²) in [5, 5.41) is 0. The van der Waals surface area contributed by atoms with Crippen LogP contribution in [0.5, 0.6) is 0 Å². The number of hydrogen-bond acceptors (Lipinski definition) is 3. The van der Waals surface area contributed by atoms with Gasteiger partial charge in [0.05, 0.1) is 6.20 Å². The van der Waals surface area contributed by atoms with Crippen LogP contribution in [0.1, 0.15) is 5.56 Å². The number of hydrogen-bond donors (Lipinski definition) is 0. The van der Waals surface area contributed by atoms with Gasteiger partial charge in [-0.3, -0.25) is 9.36 Å². The molecule has 0 unspecified atom stereocenters. The van der Waals surface area contributed by atoms with Gasteiger partial charge >= 0.3 is 5.76 Å². The zero-order valence-electron chi connectivity index (χ0n) is 11.2. The van der Waals surface area contributed by atoms with E-state index in [0.717, 1.165) is 11.1 Å². The van der Waals surface area contributed by atoms with Gasteiger partial charge in [0.15, 0.2) is 5.76 Å². The average molecular weight is 260 g/mol. The molecule has 2 rings (SSSR count). The van der Waals surface area contributed by atoms with Gasteiger partial charge in [-0.1, -0.05) is 29.8 Å². The van der Waals surface area contributed by atoms with Crippen LogP contribution >= 0.6 is 0 Å². The monoisotopic (exact) mass is 260 g/mol. The van der Waals surface area contributed by atoms with E-state index in [9.17, 15) is 9.59 Å². The number of likely N-dealkylation sites (N-methyl/N-ethyl adjacent to an activating group) is 1. The zero-order valence-corrected chi connectivity index (χ0v) is 11.2. The molecule has 0 aliphatic rings. The topological polar surface area (TPSA) is 55.5 Å². The summed E-state index contributed by atoms with van der Waals surface area (Å²) in [6.45, 7) is 1.97. The second-order valence-corrected chi connectivity index (χ2v) is 4.64. The van der Waals surface area contributed by atoms with Gasteiger partial charge in [0.1, 0.15) is 6.54 Å². The Morgan fingerprint density at radius 2 is 1.89 bits per heavy atom. The van der Waals surface area contributed by atoms with E-state index in [1.807, 2.05) is 31.2 Å². The van der Waals surface area contributed by atoms with E-state index in [2.05, 4.69) is 0 Å². The van der Waals surface area contributed by atoms with Gasteiger partial charge in [-0.05, 0) is 6.92 Å². The summed E-state index contributed by atoms with van der Waals surface area (Å²) in [6.07, 6.45) is 1.56. The van der Waals surface area contributed by atoms with Crippen LogP contribution in [-0.2, 0) is 11.3 Å². The van der Waals surface area contributed by atoms with E-state index in [0.29, 0.717) is 5.76 Å². The van der Waals surface area contributed by atoms with Crippen LogP contribution in [0, 0.1) is 6.92 Å². The normalized spacial score (nSPS) is 10.5. The largest absolute Gasteiger partial charge is 0.419 e. The molecule has 0 radical (unpaired) electrons. The Balaban J connectivity index is 2.28. The quantitative estimate of drug-likeness (QED) is 0.840. The second kappa shape index (κ2) is 5.14. The molecule has 0 spiro atoms. The molecule has 2 aromatic rings. The van der Waals surface area contributed by atoms with Crippen molar-refractivity contribution < 1.29 is 9.21 Å². The number of rotatable bonds is 3. The lowest BCUT2D eigenvalue weighted by Crippen LogP contribution is -2.29. The fraction of sp³-hybridized carbons (Fsp3) is 0.286. The Hall–Kier alpha value is -2.30. The average Bonchev–Trinajstić information content (AvgIpc) is 2.71. The minimum absolute atomic E-state index is 0.0127. The molecule has 0 N–H and O–H groups in total. The van der Waals surface area contributed by atoms with Gasteiger partial charge in [-0.25, -0.2) is 4.79 Å². The Morgan fingerprint density at radius 3 is 2.47 bits per heavy atom. The number of aryl methyl sites for hydroxylation is 1. The molecule has 0 bridgehead atoms. The standard InChI is InChI=1S/C14H16N2O3/c1-10-4-6-11(7-5-10)12-8-16(14(18)19-12)9-13(17)15(2)3/h4-8H,9H2,1-3H3. The van der Waals surface area contributed by atoms with Crippen LogP contribution in [0.3, 0.4) is 0 Å². The number of aromatic nitrogens is 1. The third-order valence-electron chi connectivity index (χ3n) is 2.85. The number of amides is 1. The van der Waals surface area contributed by atoms with Gasteiger partial charge in [0.2, 0.25) is 5.91 Å². The van der Waals surface area contributed by atoms with E-state index in [1.165, 1.54) is 9.47 Å². The van der Waals surface area contributed by atoms with E-state index in [4.69, 9.17) is 4.42 Å². The number of benzene rings is 1. The summed E-state index contributed by atoms with van der Waals surface area (Å²) in [5.74, 6) is -0.208. The summed E-state index contributed by atoms with van der Waals surface area (Å²) >= 11 is 0. The van der Waals surface area contributed by atoms with Gasteiger partial charge in [0.25, 0.3) is 0 Å². The maximum absolute atomic E-state index is 11.7. The van der Waals surface area contributed by atoms with Crippen molar-refractivity contribution in [2.24, 2.45) is 0 Å². The Labute approximate surface area is 111 Å². The van der Waals surface area contributed by atoms with Crippen LogP contribution in [0.15, 0.2) is 39.7 Å². The molecular formula is C14H16N2O3. The number of carbonyl (C=O) groups excluding carboxylic acids is 1. The maximum atomic E-state index is 11.7. The third kappa shape index (κ3) is 2.93. The molecule has 0 saturated carbocycles. The summed E-state index contributed by atoms with van der Waals surface area (Å²) in [4.78, 5) is 24.7. The molecule has 1 aromatic carbocycles. The fourth-order valence-electron chi connectivity index (χ4n) is 1.62. The molecule has 1 amide bonds. The van der Waals surface area contributed by atoms with Crippen molar-refractivity contribution in [2.75, 3.05) is 14.1 Å². The lowest BCUT2D eigenvalue weighted by atomic mass is 10.1. The molecule has 5 nitrogen and oxygen atoms in total. The van der Waals surface area contributed by atoms with Crippen LogP contribution in [0.25, 0.3) is 11.3 Å². The lowest BCUT2D eigenvalue weighted by Gasteiger charge is -2.08. The van der Waals surface area contributed by atoms with Crippen molar-refractivity contribution in [3.8, 4) is 11.3 Å². The molecule has 0 aliphatic heterocycles. The first kappa shape index (κ1) is 13.1. The molecule has 1 aromatic heterocycles. The Morgan fingerprint density at radius 1 is 1.26 bits per heavy atom. The van der Waals surface area contributed by atoms with Crippen molar-refractivity contribution in [1.82, 2.24) is 9.47 Å². The Bertz CT molecular complexity index is 635. The molecular weight excluding hydrogens is 244 g/mol. The van der Waals surface area contributed by atoms with Crippen LogP contribution < -0.4 is 5.76 Å². The first-order valence-electron chi connectivity index (χ1n) is 5.95. The molecule has 1 heterocycles. The summed E-state index contributed by atoms with van der Waals surface area (Å²) in [6, 6.07) is 7.65. The smallest absolute Gasteiger partial charge is 0.408 e. The van der Waals surface area contributed by atoms with Crippen LogP contribution in [-0.4, -0.2) is 29.5 Å².